The van der Waals surface area contributed by atoms with E-state index < -0.39 is 0 Å². The first kappa shape index (κ1) is 10.1. The van der Waals surface area contributed by atoms with Crippen molar-refractivity contribution in [3.05, 3.63) is 36.0 Å². The van der Waals surface area contributed by atoms with Gasteiger partial charge in [-0.2, -0.15) is 0 Å². The molecule has 2 aliphatic rings. The van der Waals surface area contributed by atoms with E-state index in [1.807, 2.05) is 18.2 Å². The molecule has 2 nitrogen and oxygen atoms in total. The van der Waals surface area contributed by atoms with Gasteiger partial charge in [0.05, 0.1) is 0 Å². The minimum atomic E-state index is -0.186. The summed E-state index contributed by atoms with van der Waals surface area (Å²) in [4.78, 5) is 22.4. The molecule has 2 aliphatic carbocycles. The Balaban J connectivity index is 2.35. The lowest BCUT2D eigenvalue weighted by molar-refractivity contribution is -0.114. The van der Waals surface area contributed by atoms with Crippen LogP contribution in [0, 0.1) is 11.3 Å². The van der Waals surface area contributed by atoms with Gasteiger partial charge in [-0.3, -0.25) is 9.59 Å². The first-order chi connectivity index (χ1) is 7.02. The summed E-state index contributed by atoms with van der Waals surface area (Å²) in [5, 5.41) is 0. The molecule has 2 heteroatoms. The number of allylic oxidation sites excluding steroid dienone is 6. The molecule has 15 heavy (non-hydrogen) atoms. The fourth-order valence-electron chi connectivity index (χ4n) is 2.40. The molecule has 2 rings (SSSR count). The second-order valence-corrected chi connectivity index (χ2v) is 4.44. The van der Waals surface area contributed by atoms with Crippen molar-refractivity contribution in [3.63, 3.8) is 0 Å². The molecule has 0 unspecified atom stereocenters. The van der Waals surface area contributed by atoms with Gasteiger partial charge in [0.25, 0.3) is 0 Å². The van der Waals surface area contributed by atoms with Crippen LogP contribution in [0.5, 0.6) is 0 Å². The molecule has 0 radical (unpaired) electrons. The predicted molar refractivity (Wildman–Crippen MR) is 58.3 cm³/mol. The quantitative estimate of drug-likeness (QED) is 0.653. The van der Waals surface area contributed by atoms with Gasteiger partial charge in [-0.1, -0.05) is 25.2 Å². The summed E-state index contributed by atoms with van der Waals surface area (Å²) in [5.41, 5.74) is 0.701. The van der Waals surface area contributed by atoms with Crippen LogP contribution >= 0.6 is 0 Å². The van der Waals surface area contributed by atoms with Gasteiger partial charge in [-0.25, -0.2) is 0 Å². The lowest BCUT2D eigenvalue weighted by Crippen LogP contribution is -2.13. The standard InChI is InChI=1S/C13H14O2/c1-9-7-13(8-12(9)10(2)14)5-3-11(15)4-6-13/h3-6,8-9H,7H2,1-2H3/t9-/m0/s1. The van der Waals surface area contributed by atoms with E-state index in [-0.39, 0.29) is 22.9 Å². The van der Waals surface area contributed by atoms with Crippen LogP contribution in [0.1, 0.15) is 20.3 Å². The molecule has 0 aliphatic heterocycles. The molecule has 0 fully saturated rings. The van der Waals surface area contributed by atoms with Gasteiger partial charge in [0.2, 0.25) is 0 Å². The summed E-state index contributed by atoms with van der Waals surface area (Å²) in [6, 6.07) is 0. The van der Waals surface area contributed by atoms with Crippen LogP contribution in [0.2, 0.25) is 0 Å². The van der Waals surface area contributed by atoms with Gasteiger partial charge in [0, 0.05) is 5.41 Å². The van der Waals surface area contributed by atoms with E-state index in [4.69, 9.17) is 0 Å². The van der Waals surface area contributed by atoms with Crippen molar-refractivity contribution in [2.24, 2.45) is 11.3 Å². The summed E-state index contributed by atoms with van der Waals surface area (Å²) in [5.74, 6) is 0.445. The van der Waals surface area contributed by atoms with Crippen molar-refractivity contribution in [2.45, 2.75) is 20.3 Å². The van der Waals surface area contributed by atoms with Crippen molar-refractivity contribution in [2.75, 3.05) is 0 Å². The van der Waals surface area contributed by atoms with E-state index in [0.717, 1.165) is 12.0 Å². The lowest BCUT2D eigenvalue weighted by Gasteiger charge is -2.21. The maximum Gasteiger partial charge on any atom is 0.178 e. The Labute approximate surface area is 89.4 Å². The van der Waals surface area contributed by atoms with Crippen LogP contribution in [-0.4, -0.2) is 11.6 Å². The molecular formula is C13H14O2. The number of carbonyl (C=O) groups is 2. The molecule has 0 amide bonds. The first-order valence-electron chi connectivity index (χ1n) is 5.18. The van der Waals surface area contributed by atoms with Gasteiger partial charge in [0.15, 0.2) is 11.6 Å². The Morgan fingerprint density at radius 1 is 1.40 bits per heavy atom. The molecule has 0 saturated heterocycles. The minimum absolute atomic E-state index is 0.0259. The monoisotopic (exact) mass is 202 g/mol. The van der Waals surface area contributed by atoms with Gasteiger partial charge in [-0.15, -0.1) is 0 Å². The lowest BCUT2D eigenvalue weighted by atomic mass is 9.82. The summed E-state index contributed by atoms with van der Waals surface area (Å²) in [6.07, 6.45) is 9.88. The highest BCUT2D eigenvalue weighted by molar-refractivity contribution is 6.01. The molecule has 0 aromatic rings. The second-order valence-electron chi connectivity index (χ2n) is 4.44. The smallest absolute Gasteiger partial charge is 0.178 e. The zero-order valence-corrected chi connectivity index (χ0v) is 8.99. The molecule has 0 aromatic heterocycles. The van der Waals surface area contributed by atoms with Gasteiger partial charge < -0.3 is 0 Å². The highest BCUT2D eigenvalue weighted by Gasteiger charge is 2.35. The molecule has 1 spiro atoms. The summed E-state index contributed by atoms with van der Waals surface area (Å²) in [7, 11) is 0. The first-order valence-corrected chi connectivity index (χ1v) is 5.18. The van der Waals surface area contributed by atoms with Crippen LogP contribution in [0.4, 0.5) is 0 Å². The third-order valence-electron chi connectivity index (χ3n) is 3.14. The zero-order chi connectivity index (χ0) is 11.1. The fraction of sp³-hybridized carbons (Fsp3) is 0.385. The Bertz CT molecular complexity index is 394. The largest absolute Gasteiger partial charge is 0.295 e. The van der Waals surface area contributed by atoms with Crippen molar-refractivity contribution in [1.29, 1.82) is 0 Å². The minimum Gasteiger partial charge on any atom is -0.295 e. The average Bonchev–Trinajstić information content (AvgIpc) is 2.50. The number of hydrogen-bond acceptors (Lipinski definition) is 2. The van der Waals surface area contributed by atoms with Crippen molar-refractivity contribution < 1.29 is 9.59 Å². The average molecular weight is 202 g/mol. The predicted octanol–water partition coefficient (Wildman–Crippen LogP) is 2.22. The van der Waals surface area contributed by atoms with Crippen LogP contribution in [0.15, 0.2) is 36.0 Å². The van der Waals surface area contributed by atoms with E-state index in [1.54, 1.807) is 19.1 Å². The molecular weight excluding hydrogens is 188 g/mol. The number of rotatable bonds is 1. The highest BCUT2D eigenvalue weighted by atomic mass is 16.1. The highest BCUT2D eigenvalue weighted by Crippen LogP contribution is 2.43. The van der Waals surface area contributed by atoms with Crippen molar-refractivity contribution in [1.82, 2.24) is 0 Å². The summed E-state index contributed by atoms with van der Waals surface area (Å²) >= 11 is 0. The van der Waals surface area contributed by atoms with Crippen LogP contribution in [-0.2, 0) is 9.59 Å². The second kappa shape index (κ2) is 3.30. The van der Waals surface area contributed by atoms with E-state index >= 15 is 0 Å². The summed E-state index contributed by atoms with van der Waals surface area (Å²) < 4.78 is 0. The maximum absolute atomic E-state index is 11.4. The Kier molecular flexibility index (Phi) is 2.22. The van der Waals surface area contributed by atoms with Gasteiger partial charge >= 0.3 is 0 Å². The molecule has 0 N–H and O–H groups in total. The van der Waals surface area contributed by atoms with E-state index in [0.29, 0.717) is 0 Å². The zero-order valence-electron chi connectivity index (χ0n) is 8.99. The van der Waals surface area contributed by atoms with Crippen LogP contribution in [0.25, 0.3) is 0 Å². The SMILES string of the molecule is CC(=O)C1=CC2(C=CC(=O)C=C2)C[C@@H]1C. The molecule has 78 valence electrons. The van der Waals surface area contributed by atoms with Gasteiger partial charge in [0.1, 0.15) is 0 Å². The molecule has 0 heterocycles. The Hall–Kier alpha value is -1.44. The normalized spacial score (nSPS) is 27.2. The molecule has 0 bridgehead atoms. The van der Waals surface area contributed by atoms with Gasteiger partial charge in [-0.05, 0) is 37.0 Å². The number of Topliss-reactive ketones (excluding diaryl/α,β-unsaturated/α-hetero) is 1. The van der Waals surface area contributed by atoms with Crippen LogP contribution < -0.4 is 0 Å². The molecule has 0 saturated carbocycles. The Morgan fingerprint density at radius 2 is 2.00 bits per heavy atom. The molecule has 1 atom stereocenters. The number of ketones is 2. The van der Waals surface area contributed by atoms with Crippen molar-refractivity contribution >= 4 is 11.6 Å². The third-order valence-corrected chi connectivity index (χ3v) is 3.14. The maximum atomic E-state index is 11.4. The number of carbonyl (C=O) groups excluding carboxylic acids is 2. The summed E-state index contributed by atoms with van der Waals surface area (Å²) in [6.45, 7) is 3.66. The topological polar surface area (TPSA) is 34.1 Å². The Morgan fingerprint density at radius 3 is 2.47 bits per heavy atom. The third kappa shape index (κ3) is 1.72. The van der Waals surface area contributed by atoms with Crippen LogP contribution in [0.3, 0.4) is 0 Å². The van der Waals surface area contributed by atoms with E-state index in [2.05, 4.69) is 6.92 Å². The fourth-order valence-corrected chi connectivity index (χ4v) is 2.40. The van der Waals surface area contributed by atoms with E-state index in [9.17, 15) is 9.59 Å². The van der Waals surface area contributed by atoms with Crippen molar-refractivity contribution in [3.8, 4) is 0 Å². The van der Waals surface area contributed by atoms with E-state index in [1.165, 1.54) is 0 Å². The number of hydrogen-bond donors (Lipinski definition) is 0. The molecule has 0 aromatic carbocycles.